The number of benzene rings is 2. The van der Waals surface area contributed by atoms with Crippen LogP contribution in [0.15, 0.2) is 42.5 Å². The smallest absolute Gasteiger partial charge is 0.227 e. The third-order valence-corrected chi connectivity index (χ3v) is 6.10. The summed E-state index contributed by atoms with van der Waals surface area (Å²) in [7, 11) is 0. The minimum Gasteiger partial charge on any atom is -0.393 e. The Kier molecular flexibility index (Phi) is 5.37. The molecule has 4 rings (SSSR count). The van der Waals surface area contributed by atoms with Crippen LogP contribution in [-0.4, -0.2) is 30.2 Å². The maximum Gasteiger partial charge on any atom is 0.227 e. The van der Waals surface area contributed by atoms with Crippen LogP contribution in [-0.2, 0) is 17.6 Å². The number of halogens is 1. The monoisotopic (exact) mass is 384 g/mol. The maximum atomic E-state index is 12.8. The van der Waals surface area contributed by atoms with Crippen molar-refractivity contribution in [2.24, 2.45) is 5.92 Å². The molecule has 1 saturated heterocycles. The molecular weight excluding hydrogens is 360 g/mol. The number of anilines is 2. The average Bonchev–Trinajstić information content (AvgIpc) is 2.69. The van der Waals surface area contributed by atoms with Crippen LogP contribution < -0.4 is 10.2 Å². The summed E-state index contributed by atoms with van der Waals surface area (Å²) in [6.45, 7) is 1.65. The third-order valence-electron chi connectivity index (χ3n) is 5.78. The first kappa shape index (κ1) is 18.3. The van der Waals surface area contributed by atoms with E-state index in [1.54, 1.807) is 0 Å². The van der Waals surface area contributed by atoms with Crippen molar-refractivity contribution in [1.29, 1.82) is 0 Å². The Bertz CT molecular complexity index is 831. The first-order chi connectivity index (χ1) is 13.1. The molecule has 0 spiro atoms. The van der Waals surface area contributed by atoms with Crippen molar-refractivity contribution in [3.05, 3.63) is 58.6 Å². The van der Waals surface area contributed by atoms with E-state index >= 15 is 0 Å². The molecule has 5 heteroatoms. The number of hydrogen-bond donors (Lipinski definition) is 2. The van der Waals surface area contributed by atoms with Gasteiger partial charge in [-0.1, -0.05) is 35.9 Å². The molecule has 0 aromatic heterocycles. The quantitative estimate of drug-likeness (QED) is 0.839. The largest absolute Gasteiger partial charge is 0.393 e. The SMILES string of the molecule is O=C(Nc1cccc2c1C[C@@H](O)CC2)C1CCN(c2ccccc2Cl)CC1. The van der Waals surface area contributed by atoms with E-state index in [9.17, 15) is 9.90 Å². The summed E-state index contributed by atoms with van der Waals surface area (Å²) in [5.41, 5.74) is 4.25. The number of nitrogens with one attached hydrogen (secondary N) is 1. The van der Waals surface area contributed by atoms with Crippen molar-refractivity contribution < 1.29 is 9.90 Å². The number of carbonyl (C=O) groups excluding carboxylic acids is 1. The highest BCUT2D eigenvalue weighted by atomic mass is 35.5. The summed E-state index contributed by atoms with van der Waals surface area (Å²) >= 11 is 6.30. The van der Waals surface area contributed by atoms with Gasteiger partial charge in [0, 0.05) is 31.1 Å². The molecule has 142 valence electrons. The van der Waals surface area contributed by atoms with Crippen LogP contribution in [0.5, 0.6) is 0 Å². The van der Waals surface area contributed by atoms with Gasteiger partial charge >= 0.3 is 0 Å². The van der Waals surface area contributed by atoms with Gasteiger partial charge < -0.3 is 15.3 Å². The minimum absolute atomic E-state index is 0.00751. The molecule has 27 heavy (non-hydrogen) atoms. The highest BCUT2D eigenvalue weighted by Gasteiger charge is 2.27. The fourth-order valence-corrected chi connectivity index (χ4v) is 4.47. The first-order valence-electron chi connectivity index (χ1n) is 9.71. The number of amides is 1. The van der Waals surface area contributed by atoms with Gasteiger partial charge in [-0.2, -0.15) is 0 Å². The van der Waals surface area contributed by atoms with E-state index in [0.717, 1.165) is 60.7 Å². The van der Waals surface area contributed by atoms with Gasteiger partial charge in [0.25, 0.3) is 0 Å². The second-order valence-electron chi connectivity index (χ2n) is 7.54. The Labute approximate surface area is 165 Å². The summed E-state index contributed by atoms with van der Waals surface area (Å²) < 4.78 is 0. The molecule has 1 fully saturated rings. The second-order valence-corrected chi connectivity index (χ2v) is 7.95. The number of fused-ring (bicyclic) bond motifs is 1. The van der Waals surface area contributed by atoms with Crippen molar-refractivity contribution in [2.75, 3.05) is 23.3 Å². The average molecular weight is 385 g/mol. The van der Waals surface area contributed by atoms with Crippen LogP contribution in [0.1, 0.15) is 30.4 Å². The molecule has 1 atom stereocenters. The predicted octanol–water partition coefficient (Wildman–Crippen LogP) is 4.04. The normalized spacial score (nSPS) is 20.2. The third kappa shape index (κ3) is 3.97. The zero-order chi connectivity index (χ0) is 18.8. The van der Waals surface area contributed by atoms with Crippen LogP contribution in [0.2, 0.25) is 5.02 Å². The highest BCUT2D eigenvalue weighted by molar-refractivity contribution is 6.33. The Hall–Kier alpha value is -2.04. The number of aliphatic hydroxyl groups excluding tert-OH is 1. The van der Waals surface area contributed by atoms with Crippen LogP contribution in [0.25, 0.3) is 0 Å². The number of para-hydroxylation sites is 1. The number of carbonyl (C=O) groups is 1. The van der Waals surface area contributed by atoms with E-state index in [1.165, 1.54) is 5.56 Å². The van der Waals surface area contributed by atoms with Gasteiger partial charge in [-0.25, -0.2) is 0 Å². The first-order valence-corrected chi connectivity index (χ1v) is 10.1. The fraction of sp³-hybridized carbons (Fsp3) is 0.409. The Morgan fingerprint density at radius 2 is 1.85 bits per heavy atom. The van der Waals surface area contributed by atoms with Gasteiger partial charge in [0.1, 0.15) is 0 Å². The zero-order valence-corrected chi connectivity index (χ0v) is 16.1. The maximum absolute atomic E-state index is 12.8. The summed E-state index contributed by atoms with van der Waals surface area (Å²) in [5.74, 6) is 0.0929. The van der Waals surface area contributed by atoms with E-state index in [-0.39, 0.29) is 17.9 Å². The van der Waals surface area contributed by atoms with Crippen molar-refractivity contribution in [2.45, 2.75) is 38.2 Å². The molecule has 2 aromatic rings. The van der Waals surface area contributed by atoms with E-state index in [4.69, 9.17) is 11.6 Å². The van der Waals surface area contributed by atoms with Gasteiger partial charge in [0.2, 0.25) is 5.91 Å². The number of rotatable bonds is 3. The van der Waals surface area contributed by atoms with Crippen molar-refractivity contribution >= 4 is 28.9 Å². The number of aliphatic hydroxyl groups is 1. The molecule has 4 nitrogen and oxygen atoms in total. The summed E-state index contributed by atoms with van der Waals surface area (Å²) in [5, 5.41) is 13.9. The van der Waals surface area contributed by atoms with Crippen molar-refractivity contribution in [3.8, 4) is 0 Å². The lowest BCUT2D eigenvalue weighted by atomic mass is 9.88. The van der Waals surface area contributed by atoms with E-state index < -0.39 is 0 Å². The lowest BCUT2D eigenvalue weighted by Crippen LogP contribution is -2.38. The molecule has 0 saturated carbocycles. The van der Waals surface area contributed by atoms with E-state index in [2.05, 4.69) is 16.3 Å². The van der Waals surface area contributed by atoms with Crippen molar-refractivity contribution in [1.82, 2.24) is 0 Å². The van der Waals surface area contributed by atoms with Gasteiger partial charge in [0.05, 0.1) is 16.8 Å². The Morgan fingerprint density at radius 3 is 2.63 bits per heavy atom. The Morgan fingerprint density at radius 1 is 1.07 bits per heavy atom. The van der Waals surface area contributed by atoms with Crippen LogP contribution in [0.3, 0.4) is 0 Å². The second kappa shape index (κ2) is 7.91. The van der Waals surface area contributed by atoms with Gasteiger partial charge in [-0.15, -0.1) is 0 Å². The highest BCUT2D eigenvalue weighted by Crippen LogP contribution is 2.31. The van der Waals surface area contributed by atoms with Crippen LogP contribution >= 0.6 is 11.6 Å². The summed E-state index contributed by atoms with van der Waals surface area (Å²) in [4.78, 5) is 15.1. The van der Waals surface area contributed by atoms with Crippen LogP contribution in [0.4, 0.5) is 11.4 Å². The fourth-order valence-electron chi connectivity index (χ4n) is 4.21. The standard InChI is InChI=1S/C22H25ClN2O2/c23-19-5-1-2-7-21(19)25-12-10-16(11-13-25)22(27)24-20-6-3-4-15-8-9-17(26)14-18(15)20/h1-7,16-17,26H,8-14H2,(H,24,27)/t17-/m0/s1. The lowest BCUT2D eigenvalue weighted by molar-refractivity contribution is -0.120. The molecule has 1 aliphatic carbocycles. The molecule has 2 N–H and O–H groups in total. The summed E-state index contributed by atoms with van der Waals surface area (Å²) in [6.07, 6.45) is 3.61. The molecule has 2 aromatic carbocycles. The number of aryl methyl sites for hydroxylation is 1. The topological polar surface area (TPSA) is 52.6 Å². The molecule has 1 amide bonds. The van der Waals surface area contributed by atoms with E-state index in [0.29, 0.717) is 6.42 Å². The molecule has 1 aliphatic heterocycles. The van der Waals surface area contributed by atoms with Gasteiger partial charge in [-0.3, -0.25) is 4.79 Å². The molecule has 0 unspecified atom stereocenters. The Balaban J connectivity index is 1.40. The molecular formula is C22H25ClN2O2. The summed E-state index contributed by atoms with van der Waals surface area (Å²) in [6, 6.07) is 13.9. The number of piperidine rings is 1. The zero-order valence-electron chi connectivity index (χ0n) is 15.3. The number of nitrogens with zero attached hydrogens (tertiary/aromatic N) is 1. The molecule has 1 heterocycles. The molecule has 2 aliphatic rings. The van der Waals surface area contributed by atoms with Crippen molar-refractivity contribution in [3.63, 3.8) is 0 Å². The van der Waals surface area contributed by atoms with E-state index in [1.807, 2.05) is 36.4 Å². The lowest BCUT2D eigenvalue weighted by Gasteiger charge is -2.33. The van der Waals surface area contributed by atoms with Crippen LogP contribution in [0, 0.1) is 5.92 Å². The minimum atomic E-state index is -0.311. The predicted molar refractivity (Wildman–Crippen MR) is 109 cm³/mol. The van der Waals surface area contributed by atoms with Gasteiger partial charge in [0.15, 0.2) is 0 Å². The number of hydrogen-bond acceptors (Lipinski definition) is 3. The van der Waals surface area contributed by atoms with Gasteiger partial charge in [-0.05, 0) is 55.0 Å². The molecule has 0 bridgehead atoms. The molecule has 0 radical (unpaired) electrons.